The van der Waals surface area contributed by atoms with Crippen molar-refractivity contribution in [1.82, 2.24) is 0 Å². The maximum atomic E-state index is 13.3. The summed E-state index contributed by atoms with van der Waals surface area (Å²) in [5.74, 6) is -5.20. The predicted molar refractivity (Wildman–Crippen MR) is 59.3 cm³/mol. The molecule has 0 aromatic heterocycles. The van der Waals surface area contributed by atoms with Crippen molar-refractivity contribution < 1.29 is 40.2 Å². The highest BCUT2D eigenvalue weighted by Crippen LogP contribution is 2.55. The Hall–Kier alpha value is -1.51. The lowest BCUT2D eigenvalue weighted by Crippen LogP contribution is -2.48. The summed E-state index contributed by atoms with van der Waals surface area (Å²) in [7, 11) is 0. The number of ether oxygens (including phenoxy) is 2. The van der Waals surface area contributed by atoms with Crippen molar-refractivity contribution >= 4 is 0 Å². The minimum absolute atomic E-state index is 0.0658. The summed E-state index contributed by atoms with van der Waals surface area (Å²) >= 11 is 0. The van der Waals surface area contributed by atoms with E-state index in [1.807, 2.05) is 0 Å². The van der Waals surface area contributed by atoms with E-state index in [4.69, 9.17) is 9.47 Å². The number of rotatable bonds is 3. The second kappa shape index (κ2) is 4.50. The molecule has 9 heteroatoms. The smallest absolute Gasteiger partial charge is 0.458 e. The summed E-state index contributed by atoms with van der Waals surface area (Å²) < 4.78 is 100.0. The molecule has 1 aromatic rings. The number of hydrogen-bond donors (Lipinski definition) is 0. The molecule has 2 nitrogen and oxygen atoms in total. The van der Waals surface area contributed by atoms with E-state index in [0.29, 0.717) is 12.1 Å². The van der Waals surface area contributed by atoms with Gasteiger partial charge in [-0.25, -0.2) is 8.78 Å². The molecule has 0 saturated carbocycles. The molecule has 1 aromatic carbocycles. The molecule has 0 amide bonds. The Morgan fingerprint density at radius 3 is 2.23 bits per heavy atom. The summed E-state index contributed by atoms with van der Waals surface area (Å²) in [5.41, 5.74) is -3.21. The van der Waals surface area contributed by atoms with Crippen LogP contribution in [0.4, 0.5) is 30.7 Å². The standard InChI is InChI=1S/C13H9F7O2/c14-4-11(5-15)10-9(21-10)7-3-6(1-2-8(7)22-11)12(16,17)13(18,19)20/h1-3,9-10H,4-5H2. The van der Waals surface area contributed by atoms with Gasteiger partial charge in [0.25, 0.3) is 0 Å². The zero-order valence-corrected chi connectivity index (χ0v) is 10.8. The number of benzene rings is 1. The van der Waals surface area contributed by atoms with E-state index in [1.54, 1.807) is 0 Å². The van der Waals surface area contributed by atoms with Crippen LogP contribution in [0.5, 0.6) is 5.75 Å². The van der Waals surface area contributed by atoms with Crippen molar-refractivity contribution in [3.63, 3.8) is 0 Å². The Morgan fingerprint density at radius 1 is 1.05 bits per heavy atom. The number of alkyl halides is 7. The van der Waals surface area contributed by atoms with Gasteiger partial charge in [0.1, 0.15) is 31.3 Å². The van der Waals surface area contributed by atoms with Gasteiger partial charge in [-0.3, -0.25) is 0 Å². The molecule has 3 rings (SSSR count). The van der Waals surface area contributed by atoms with E-state index in [-0.39, 0.29) is 11.3 Å². The highest BCUT2D eigenvalue weighted by atomic mass is 19.4. The molecule has 2 heterocycles. The number of epoxide rings is 1. The Kier molecular flexibility index (Phi) is 3.15. The van der Waals surface area contributed by atoms with Crippen molar-refractivity contribution in [1.29, 1.82) is 0 Å². The van der Waals surface area contributed by atoms with Crippen LogP contribution < -0.4 is 4.74 Å². The van der Waals surface area contributed by atoms with Crippen molar-refractivity contribution in [3.05, 3.63) is 29.3 Å². The number of hydrogen-bond acceptors (Lipinski definition) is 2. The Morgan fingerprint density at radius 2 is 1.68 bits per heavy atom. The van der Waals surface area contributed by atoms with Crippen LogP contribution in [0.2, 0.25) is 0 Å². The Bertz CT molecular complexity index is 595. The monoisotopic (exact) mass is 330 g/mol. The third kappa shape index (κ3) is 1.98. The maximum Gasteiger partial charge on any atom is 0.458 e. The maximum absolute atomic E-state index is 13.3. The zero-order valence-electron chi connectivity index (χ0n) is 10.8. The molecule has 1 saturated heterocycles. The van der Waals surface area contributed by atoms with Gasteiger partial charge in [-0.05, 0) is 18.2 Å². The molecular weight excluding hydrogens is 321 g/mol. The van der Waals surface area contributed by atoms with Crippen LogP contribution in [-0.2, 0) is 10.7 Å². The molecule has 0 aliphatic carbocycles. The van der Waals surface area contributed by atoms with Gasteiger partial charge >= 0.3 is 12.1 Å². The molecule has 2 aliphatic heterocycles. The quantitative estimate of drug-likeness (QED) is 0.620. The first-order valence-electron chi connectivity index (χ1n) is 6.21. The lowest BCUT2D eigenvalue weighted by atomic mass is 9.91. The first-order valence-corrected chi connectivity index (χ1v) is 6.21. The second-order valence-corrected chi connectivity index (χ2v) is 5.24. The Balaban J connectivity index is 2.00. The predicted octanol–water partition coefficient (Wildman–Crippen LogP) is 3.85. The highest BCUT2D eigenvalue weighted by molar-refractivity contribution is 5.46. The van der Waals surface area contributed by atoms with E-state index in [9.17, 15) is 30.7 Å². The molecule has 0 spiro atoms. The van der Waals surface area contributed by atoms with Crippen LogP contribution in [0.3, 0.4) is 0 Å². The summed E-state index contributed by atoms with van der Waals surface area (Å²) in [6.45, 7) is -2.41. The normalized spacial score (nSPS) is 26.0. The van der Waals surface area contributed by atoms with Crippen molar-refractivity contribution in [2.24, 2.45) is 0 Å². The zero-order chi connectivity index (χ0) is 16.3. The van der Waals surface area contributed by atoms with Gasteiger partial charge in [-0.15, -0.1) is 0 Å². The average Bonchev–Trinajstić information content (AvgIpc) is 3.25. The van der Waals surface area contributed by atoms with Crippen molar-refractivity contribution in [2.45, 2.75) is 29.9 Å². The number of halogens is 7. The van der Waals surface area contributed by atoms with Gasteiger partial charge in [-0.1, -0.05) is 0 Å². The molecule has 1 fully saturated rings. The molecular formula is C13H9F7O2. The third-order valence-electron chi connectivity index (χ3n) is 3.81. The fourth-order valence-electron chi connectivity index (χ4n) is 2.49. The van der Waals surface area contributed by atoms with Gasteiger partial charge in [0.2, 0.25) is 0 Å². The molecule has 0 N–H and O–H groups in total. The summed E-state index contributed by atoms with van der Waals surface area (Å²) in [6.07, 6.45) is -7.73. The summed E-state index contributed by atoms with van der Waals surface area (Å²) in [6, 6.07) is 1.98. The van der Waals surface area contributed by atoms with Crippen LogP contribution in [0.1, 0.15) is 17.2 Å². The first kappa shape index (κ1) is 15.4. The summed E-state index contributed by atoms with van der Waals surface area (Å²) in [4.78, 5) is 0. The second-order valence-electron chi connectivity index (χ2n) is 5.24. The fraction of sp³-hybridized carbons (Fsp3) is 0.538. The summed E-state index contributed by atoms with van der Waals surface area (Å²) in [5, 5.41) is 0. The van der Waals surface area contributed by atoms with E-state index < -0.39 is 48.8 Å². The van der Waals surface area contributed by atoms with Crippen LogP contribution in [0.25, 0.3) is 0 Å². The fourth-order valence-corrected chi connectivity index (χ4v) is 2.49. The highest BCUT2D eigenvalue weighted by Gasteiger charge is 2.63. The minimum atomic E-state index is -5.75. The van der Waals surface area contributed by atoms with Crippen LogP contribution in [0.15, 0.2) is 18.2 Å². The molecule has 2 aliphatic rings. The van der Waals surface area contributed by atoms with Crippen LogP contribution in [0, 0.1) is 0 Å². The van der Waals surface area contributed by atoms with Gasteiger partial charge in [-0.2, -0.15) is 22.0 Å². The van der Waals surface area contributed by atoms with Gasteiger partial charge in [0, 0.05) is 11.1 Å². The van der Waals surface area contributed by atoms with E-state index in [1.165, 1.54) is 0 Å². The SMILES string of the molecule is FCC1(CF)Oc2ccc(C(F)(F)C(F)(F)F)cc2C2OC21. The van der Waals surface area contributed by atoms with Gasteiger partial charge in [0.15, 0.2) is 5.60 Å². The first-order chi connectivity index (χ1) is 10.2. The lowest BCUT2D eigenvalue weighted by Gasteiger charge is -2.32. The molecule has 122 valence electrons. The largest absolute Gasteiger partial charge is 0.479 e. The van der Waals surface area contributed by atoms with E-state index >= 15 is 0 Å². The van der Waals surface area contributed by atoms with Crippen LogP contribution in [-0.4, -0.2) is 31.2 Å². The topological polar surface area (TPSA) is 21.8 Å². The van der Waals surface area contributed by atoms with E-state index in [2.05, 4.69) is 0 Å². The van der Waals surface area contributed by atoms with Gasteiger partial charge in [0.05, 0.1) is 0 Å². The minimum Gasteiger partial charge on any atom is -0.479 e. The number of fused-ring (bicyclic) bond motifs is 3. The molecule has 22 heavy (non-hydrogen) atoms. The molecule has 2 unspecified atom stereocenters. The lowest BCUT2D eigenvalue weighted by molar-refractivity contribution is -0.289. The average molecular weight is 330 g/mol. The molecule has 0 radical (unpaired) electrons. The van der Waals surface area contributed by atoms with E-state index in [0.717, 1.165) is 6.07 Å². The van der Waals surface area contributed by atoms with Crippen molar-refractivity contribution in [2.75, 3.05) is 13.3 Å². The Labute approximate surface area is 119 Å². The third-order valence-corrected chi connectivity index (χ3v) is 3.81. The molecule has 2 atom stereocenters. The van der Waals surface area contributed by atoms with Crippen molar-refractivity contribution in [3.8, 4) is 5.75 Å². The van der Waals surface area contributed by atoms with Gasteiger partial charge < -0.3 is 9.47 Å². The molecule has 0 bridgehead atoms. The van der Waals surface area contributed by atoms with Crippen LogP contribution >= 0.6 is 0 Å².